The molecule has 1 unspecified atom stereocenters. The second-order valence-corrected chi connectivity index (χ2v) is 9.19. The lowest BCUT2D eigenvalue weighted by Crippen LogP contribution is -2.44. The molecule has 3 atom stereocenters. The van der Waals surface area contributed by atoms with Crippen LogP contribution in [0.4, 0.5) is 10.1 Å². The van der Waals surface area contributed by atoms with Gasteiger partial charge in [-0.15, -0.1) is 0 Å². The highest BCUT2D eigenvalue weighted by molar-refractivity contribution is 5.89. The van der Waals surface area contributed by atoms with E-state index in [4.69, 9.17) is 10.5 Å². The molecule has 0 radical (unpaired) electrons. The van der Waals surface area contributed by atoms with Gasteiger partial charge in [-0.25, -0.2) is 9.18 Å². The van der Waals surface area contributed by atoms with Crippen molar-refractivity contribution in [3.05, 3.63) is 67.4 Å². The van der Waals surface area contributed by atoms with E-state index in [1.54, 1.807) is 24.5 Å². The van der Waals surface area contributed by atoms with Gasteiger partial charge in [0.25, 0.3) is 5.56 Å². The number of nitrogens with two attached hydrogens (primary N) is 1. The maximum Gasteiger partial charge on any atom is 0.343 e. The van der Waals surface area contributed by atoms with Gasteiger partial charge >= 0.3 is 5.97 Å². The number of carbonyl (C=O) groups excluding carboxylic acids is 1. The van der Waals surface area contributed by atoms with Gasteiger partial charge < -0.3 is 25.5 Å². The standard InChI is InChI=1S/C24H24FN3O4/c1-3-24(31)14-6-18-21-12(8-28(18)22(29)13(14)9-32-23(24)30)19-16(26)5-4-11-10(2)15(25)7-17(27-21)20(11)19/h6-7,16,21,27,31H,3-5,8-9,26H2,1-2H3/t16-,21?,24-/m0/s1. The van der Waals surface area contributed by atoms with Crippen molar-refractivity contribution in [3.63, 3.8) is 0 Å². The van der Waals surface area contributed by atoms with E-state index in [1.165, 1.54) is 6.07 Å². The summed E-state index contributed by atoms with van der Waals surface area (Å²) in [6, 6.07) is 2.65. The predicted octanol–water partition coefficient (Wildman–Crippen LogP) is 2.16. The molecule has 0 fully saturated rings. The van der Waals surface area contributed by atoms with Gasteiger partial charge in [-0.2, -0.15) is 0 Å². The van der Waals surface area contributed by atoms with Crippen molar-refractivity contribution < 1.29 is 19.0 Å². The monoisotopic (exact) mass is 437 g/mol. The molecular weight excluding hydrogens is 413 g/mol. The molecule has 4 heterocycles. The molecule has 4 N–H and O–H groups in total. The van der Waals surface area contributed by atoms with Crippen LogP contribution in [-0.4, -0.2) is 21.7 Å². The smallest absolute Gasteiger partial charge is 0.343 e. The van der Waals surface area contributed by atoms with Gasteiger partial charge in [-0.3, -0.25) is 4.79 Å². The Morgan fingerprint density at radius 3 is 2.88 bits per heavy atom. The number of nitrogens with one attached hydrogen (secondary N) is 1. The van der Waals surface area contributed by atoms with Crippen LogP contribution >= 0.6 is 0 Å². The van der Waals surface area contributed by atoms with Crippen LogP contribution in [0.1, 0.15) is 59.3 Å². The first kappa shape index (κ1) is 19.7. The zero-order valence-corrected chi connectivity index (χ0v) is 17.9. The predicted molar refractivity (Wildman–Crippen MR) is 115 cm³/mol. The number of carbonyl (C=O) groups is 1. The van der Waals surface area contributed by atoms with E-state index in [2.05, 4.69) is 5.32 Å². The van der Waals surface area contributed by atoms with Crippen LogP contribution in [0.2, 0.25) is 0 Å². The van der Waals surface area contributed by atoms with Crippen LogP contribution in [0.25, 0.3) is 5.57 Å². The Morgan fingerprint density at radius 1 is 1.34 bits per heavy atom. The fourth-order valence-corrected chi connectivity index (χ4v) is 5.88. The average Bonchev–Trinajstić information content (AvgIpc) is 3.14. The minimum absolute atomic E-state index is 0.0926. The van der Waals surface area contributed by atoms with Crippen molar-refractivity contribution in [1.82, 2.24) is 4.57 Å². The van der Waals surface area contributed by atoms with Gasteiger partial charge in [0.2, 0.25) is 0 Å². The summed E-state index contributed by atoms with van der Waals surface area (Å²) in [5, 5.41) is 14.5. The van der Waals surface area contributed by atoms with Crippen LogP contribution in [0.15, 0.2) is 22.5 Å². The van der Waals surface area contributed by atoms with E-state index in [9.17, 15) is 19.1 Å². The van der Waals surface area contributed by atoms with Crippen molar-refractivity contribution in [3.8, 4) is 0 Å². The summed E-state index contributed by atoms with van der Waals surface area (Å²) in [4.78, 5) is 25.8. The molecule has 0 saturated heterocycles. The maximum absolute atomic E-state index is 14.7. The third-order valence-corrected chi connectivity index (χ3v) is 7.69. The number of nitrogens with zero attached hydrogens (tertiary/aromatic N) is 1. The number of pyridine rings is 1. The number of rotatable bonds is 1. The van der Waals surface area contributed by atoms with E-state index in [0.29, 0.717) is 47.5 Å². The molecule has 0 saturated carbocycles. The number of hydrogen-bond acceptors (Lipinski definition) is 6. The molecule has 8 heteroatoms. The summed E-state index contributed by atoms with van der Waals surface area (Å²) >= 11 is 0. The molecule has 166 valence electrons. The number of benzene rings is 1. The summed E-state index contributed by atoms with van der Waals surface area (Å²) in [7, 11) is 0. The van der Waals surface area contributed by atoms with Gasteiger partial charge in [-0.05, 0) is 60.6 Å². The first-order valence-electron chi connectivity index (χ1n) is 11.0. The van der Waals surface area contributed by atoms with E-state index in [1.807, 2.05) is 0 Å². The van der Waals surface area contributed by atoms with E-state index < -0.39 is 11.6 Å². The third kappa shape index (κ3) is 2.26. The minimum atomic E-state index is -1.86. The first-order chi connectivity index (χ1) is 15.3. The topological polar surface area (TPSA) is 107 Å². The molecule has 32 heavy (non-hydrogen) atoms. The molecule has 0 amide bonds. The molecular formula is C24H24FN3O4. The van der Waals surface area contributed by atoms with Gasteiger partial charge in [0.1, 0.15) is 12.4 Å². The van der Waals surface area contributed by atoms with Crippen LogP contribution in [0, 0.1) is 12.7 Å². The lowest BCUT2D eigenvalue weighted by atomic mass is 9.75. The van der Waals surface area contributed by atoms with Crippen LogP contribution in [0.5, 0.6) is 0 Å². The van der Waals surface area contributed by atoms with Gasteiger partial charge in [0.15, 0.2) is 5.60 Å². The number of aliphatic hydroxyl groups is 1. The Balaban J connectivity index is 1.61. The van der Waals surface area contributed by atoms with E-state index >= 15 is 0 Å². The Bertz CT molecular complexity index is 1330. The first-order valence-corrected chi connectivity index (χ1v) is 11.0. The summed E-state index contributed by atoms with van der Waals surface area (Å²) in [6.45, 7) is 3.67. The maximum atomic E-state index is 14.7. The van der Waals surface area contributed by atoms with Crippen LogP contribution in [0.3, 0.4) is 0 Å². The molecule has 1 aliphatic carbocycles. The molecule has 1 aromatic carbocycles. The molecule has 0 bridgehead atoms. The van der Waals surface area contributed by atoms with Crippen LogP contribution in [-0.2, 0) is 34.7 Å². The van der Waals surface area contributed by atoms with Gasteiger partial charge in [0.05, 0.1) is 11.6 Å². The Kier molecular flexibility index (Phi) is 3.88. The SMILES string of the molecule is CC[C@@]1(O)C(=O)OCc2c1cc1n(c2=O)CC2=C3c4c(cc(F)c(C)c4CC[C@@H]3N)NC21. The number of fused-ring (bicyclic) bond motifs is 4. The average molecular weight is 437 g/mol. The van der Waals surface area contributed by atoms with Gasteiger partial charge in [0, 0.05) is 35.1 Å². The molecule has 3 aliphatic heterocycles. The van der Waals surface area contributed by atoms with E-state index in [0.717, 1.165) is 22.3 Å². The highest BCUT2D eigenvalue weighted by Gasteiger charge is 2.47. The lowest BCUT2D eigenvalue weighted by molar-refractivity contribution is -0.172. The summed E-state index contributed by atoms with van der Waals surface area (Å²) in [5.41, 5.74) is 10.9. The lowest BCUT2D eigenvalue weighted by Gasteiger charge is -2.36. The highest BCUT2D eigenvalue weighted by Crippen LogP contribution is 2.50. The van der Waals surface area contributed by atoms with Crippen molar-refractivity contribution in [2.45, 2.75) is 63.9 Å². The molecule has 2 aromatic rings. The summed E-state index contributed by atoms with van der Waals surface area (Å²) < 4.78 is 21.5. The highest BCUT2D eigenvalue weighted by atomic mass is 19.1. The number of cyclic esters (lactones) is 1. The Morgan fingerprint density at radius 2 is 2.12 bits per heavy atom. The Labute approximate surface area is 183 Å². The quantitative estimate of drug-likeness (QED) is 0.591. The van der Waals surface area contributed by atoms with Crippen molar-refractivity contribution in [2.24, 2.45) is 5.73 Å². The third-order valence-electron chi connectivity index (χ3n) is 7.69. The molecule has 7 nitrogen and oxygen atoms in total. The fourth-order valence-electron chi connectivity index (χ4n) is 5.88. The molecule has 1 aromatic heterocycles. The second kappa shape index (κ2) is 6.30. The number of ether oxygens (including phenoxy) is 1. The number of esters is 1. The van der Waals surface area contributed by atoms with Crippen molar-refractivity contribution in [1.29, 1.82) is 0 Å². The van der Waals surface area contributed by atoms with E-state index in [-0.39, 0.29) is 36.5 Å². The van der Waals surface area contributed by atoms with Crippen molar-refractivity contribution >= 4 is 17.2 Å². The summed E-state index contributed by atoms with van der Waals surface area (Å²) in [5.74, 6) is -1.01. The fraction of sp³-hybridized carbons (Fsp3) is 0.417. The van der Waals surface area contributed by atoms with Crippen LogP contribution < -0.4 is 16.6 Å². The zero-order chi connectivity index (χ0) is 22.5. The molecule has 4 aliphatic rings. The number of hydrogen-bond donors (Lipinski definition) is 3. The second-order valence-electron chi connectivity index (χ2n) is 9.19. The Hall–Kier alpha value is -2.97. The minimum Gasteiger partial charge on any atom is -0.458 e. The number of aromatic nitrogens is 1. The molecule has 6 rings (SSSR count). The summed E-state index contributed by atoms with van der Waals surface area (Å²) in [6.07, 6.45) is 1.51. The van der Waals surface area contributed by atoms with Crippen molar-refractivity contribution in [2.75, 3.05) is 5.32 Å². The largest absolute Gasteiger partial charge is 0.458 e. The normalized spacial score (nSPS) is 27.2. The van der Waals surface area contributed by atoms with Gasteiger partial charge in [-0.1, -0.05) is 6.92 Å². The number of anilines is 1. The number of halogens is 1. The molecule has 0 spiro atoms. The zero-order valence-electron chi connectivity index (χ0n) is 17.9.